The van der Waals surface area contributed by atoms with Gasteiger partial charge in [-0.1, -0.05) is 13.8 Å². The minimum Gasteiger partial charge on any atom is -0.342 e. The van der Waals surface area contributed by atoms with Crippen molar-refractivity contribution in [2.24, 2.45) is 5.92 Å². The zero-order chi connectivity index (χ0) is 15.7. The SMILES string of the molecule is CC(C)Cc1csc2nc(CC(=O)N3CCCC3)[nH]c(=O)c12. The summed E-state index contributed by atoms with van der Waals surface area (Å²) in [5, 5.41) is 2.70. The maximum Gasteiger partial charge on any atom is 0.259 e. The first kappa shape index (κ1) is 15.2. The third kappa shape index (κ3) is 3.06. The molecule has 3 heterocycles. The minimum absolute atomic E-state index is 0.0546. The van der Waals surface area contributed by atoms with Crippen LogP contribution in [0, 0.1) is 5.92 Å². The maximum absolute atomic E-state index is 12.4. The van der Waals surface area contributed by atoms with E-state index in [-0.39, 0.29) is 17.9 Å². The van der Waals surface area contributed by atoms with Gasteiger partial charge in [-0.25, -0.2) is 4.98 Å². The third-order valence-corrected chi connectivity index (χ3v) is 4.90. The summed E-state index contributed by atoms with van der Waals surface area (Å²) in [6.07, 6.45) is 3.19. The van der Waals surface area contributed by atoms with Crippen LogP contribution in [0.15, 0.2) is 10.2 Å². The summed E-state index contributed by atoms with van der Waals surface area (Å²) in [4.78, 5) is 34.4. The monoisotopic (exact) mass is 319 g/mol. The maximum atomic E-state index is 12.4. The van der Waals surface area contributed by atoms with Crippen molar-refractivity contribution in [3.8, 4) is 0 Å². The summed E-state index contributed by atoms with van der Waals surface area (Å²) >= 11 is 1.49. The van der Waals surface area contributed by atoms with E-state index in [2.05, 4.69) is 23.8 Å². The number of carbonyl (C=O) groups excluding carboxylic acids is 1. The molecule has 5 nitrogen and oxygen atoms in total. The van der Waals surface area contributed by atoms with Crippen LogP contribution >= 0.6 is 11.3 Å². The first-order valence-electron chi connectivity index (χ1n) is 7.81. The van der Waals surface area contributed by atoms with Crippen LogP contribution in [0.4, 0.5) is 0 Å². The fraction of sp³-hybridized carbons (Fsp3) is 0.562. The van der Waals surface area contributed by atoms with Gasteiger partial charge in [-0.2, -0.15) is 0 Å². The number of likely N-dealkylation sites (tertiary alicyclic amines) is 1. The van der Waals surface area contributed by atoms with Crippen molar-refractivity contribution in [2.75, 3.05) is 13.1 Å². The molecule has 1 saturated heterocycles. The Bertz CT molecular complexity index is 741. The molecule has 0 bridgehead atoms. The number of hydrogen-bond acceptors (Lipinski definition) is 4. The van der Waals surface area contributed by atoms with Gasteiger partial charge in [-0.05, 0) is 36.1 Å². The Morgan fingerprint density at radius 1 is 1.41 bits per heavy atom. The Morgan fingerprint density at radius 2 is 2.14 bits per heavy atom. The molecule has 2 aromatic heterocycles. The van der Waals surface area contributed by atoms with Crippen LogP contribution in [0.25, 0.3) is 10.2 Å². The van der Waals surface area contributed by atoms with Gasteiger partial charge in [0.1, 0.15) is 10.7 Å². The first-order valence-corrected chi connectivity index (χ1v) is 8.69. The van der Waals surface area contributed by atoms with Crippen molar-refractivity contribution in [3.05, 3.63) is 27.1 Å². The molecule has 22 heavy (non-hydrogen) atoms. The number of nitrogens with zero attached hydrogens (tertiary/aromatic N) is 2. The lowest BCUT2D eigenvalue weighted by atomic mass is 10.0. The fourth-order valence-corrected chi connectivity index (χ4v) is 3.92. The van der Waals surface area contributed by atoms with Gasteiger partial charge in [0, 0.05) is 13.1 Å². The third-order valence-electron chi connectivity index (χ3n) is 3.97. The van der Waals surface area contributed by atoms with Gasteiger partial charge in [-0.15, -0.1) is 11.3 Å². The quantitative estimate of drug-likeness (QED) is 0.940. The standard InChI is InChI=1S/C16H21N3O2S/c1-10(2)7-11-9-22-16-14(11)15(21)17-12(18-16)8-13(20)19-5-3-4-6-19/h9-10H,3-8H2,1-2H3,(H,17,18,21). The molecule has 1 N–H and O–H groups in total. The molecule has 0 atom stereocenters. The van der Waals surface area contributed by atoms with Gasteiger partial charge < -0.3 is 9.88 Å². The van der Waals surface area contributed by atoms with E-state index >= 15 is 0 Å². The van der Waals surface area contributed by atoms with E-state index in [1.54, 1.807) is 0 Å². The van der Waals surface area contributed by atoms with Crippen molar-refractivity contribution in [3.63, 3.8) is 0 Å². The first-order chi connectivity index (χ1) is 10.5. The van der Waals surface area contributed by atoms with Crippen LogP contribution in [-0.2, 0) is 17.6 Å². The zero-order valence-electron chi connectivity index (χ0n) is 13.0. The minimum atomic E-state index is -0.119. The second kappa shape index (κ2) is 6.20. The molecule has 1 amide bonds. The summed E-state index contributed by atoms with van der Waals surface area (Å²) in [7, 11) is 0. The highest BCUT2D eigenvalue weighted by Gasteiger charge is 2.20. The summed E-state index contributed by atoms with van der Waals surface area (Å²) in [6.45, 7) is 5.91. The number of amides is 1. The highest BCUT2D eigenvalue weighted by Crippen LogP contribution is 2.23. The number of carbonyl (C=O) groups is 1. The highest BCUT2D eigenvalue weighted by atomic mass is 32.1. The topological polar surface area (TPSA) is 66.1 Å². The lowest BCUT2D eigenvalue weighted by Crippen LogP contribution is -2.30. The smallest absolute Gasteiger partial charge is 0.259 e. The molecule has 2 aromatic rings. The van der Waals surface area contributed by atoms with Gasteiger partial charge in [0.05, 0.1) is 11.8 Å². The second-order valence-corrected chi connectivity index (χ2v) is 7.17. The molecular formula is C16H21N3O2S. The van der Waals surface area contributed by atoms with Crippen LogP contribution < -0.4 is 5.56 Å². The molecule has 1 aliphatic heterocycles. The van der Waals surface area contributed by atoms with Crippen LogP contribution in [-0.4, -0.2) is 33.9 Å². The molecule has 118 valence electrons. The molecule has 3 rings (SSSR count). The normalized spacial score (nSPS) is 15.1. The van der Waals surface area contributed by atoms with Crippen LogP contribution in [0.3, 0.4) is 0 Å². The predicted octanol–water partition coefficient (Wildman–Crippen LogP) is 2.35. The molecule has 0 aliphatic carbocycles. The molecular weight excluding hydrogens is 298 g/mol. The largest absolute Gasteiger partial charge is 0.342 e. The summed E-state index contributed by atoms with van der Waals surface area (Å²) in [5.41, 5.74) is 0.937. The number of thiophene rings is 1. The van der Waals surface area contributed by atoms with E-state index < -0.39 is 0 Å². The molecule has 6 heteroatoms. The van der Waals surface area contributed by atoms with E-state index in [1.807, 2.05) is 10.3 Å². The number of rotatable bonds is 4. The van der Waals surface area contributed by atoms with E-state index in [4.69, 9.17) is 0 Å². The van der Waals surface area contributed by atoms with Crippen LogP contribution in [0.1, 0.15) is 38.1 Å². The number of hydrogen-bond donors (Lipinski definition) is 1. The van der Waals surface area contributed by atoms with Gasteiger partial charge in [0.15, 0.2) is 0 Å². The average Bonchev–Trinajstić information content (AvgIpc) is 3.08. The number of aromatic amines is 1. The Kier molecular flexibility index (Phi) is 4.29. The Balaban J connectivity index is 1.86. The summed E-state index contributed by atoms with van der Waals surface area (Å²) < 4.78 is 0. The van der Waals surface area contributed by atoms with Crippen molar-refractivity contribution in [1.82, 2.24) is 14.9 Å². The van der Waals surface area contributed by atoms with Gasteiger partial charge in [0.2, 0.25) is 5.91 Å². The number of aromatic nitrogens is 2. The average molecular weight is 319 g/mol. The van der Waals surface area contributed by atoms with Crippen molar-refractivity contribution >= 4 is 27.5 Å². The molecule has 0 unspecified atom stereocenters. The molecule has 0 aromatic carbocycles. The number of fused-ring (bicyclic) bond motifs is 1. The van der Waals surface area contributed by atoms with E-state index in [9.17, 15) is 9.59 Å². The second-order valence-electron chi connectivity index (χ2n) is 6.32. The summed E-state index contributed by atoms with van der Waals surface area (Å²) in [6, 6.07) is 0. The lowest BCUT2D eigenvalue weighted by Gasteiger charge is -2.14. The van der Waals surface area contributed by atoms with Gasteiger partial charge in [-0.3, -0.25) is 9.59 Å². The van der Waals surface area contributed by atoms with E-state index in [0.717, 1.165) is 42.7 Å². The van der Waals surface area contributed by atoms with Crippen molar-refractivity contribution < 1.29 is 4.79 Å². The molecule has 0 spiro atoms. The van der Waals surface area contributed by atoms with Crippen LogP contribution in [0.2, 0.25) is 0 Å². The summed E-state index contributed by atoms with van der Waals surface area (Å²) in [5.74, 6) is 1.03. The van der Waals surface area contributed by atoms with E-state index in [0.29, 0.717) is 17.1 Å². The van der Waals surface area contributed by atoms with Crippen molar-refractivity contribution in [1.29, 1.82) is 0 Å². The van der Waals surface area contributed by atoms with Gasteiger partial charge in [0.25, 0.3) is 5.56 Å². The number of nitrogens with one attached hydrogen (secondary N) is 1. The van der Waals surface area contributed by atoms with Gasteiger partial charge >= 0.3 is 0 Å². The Morgan fingerprint density at radius 3 is 2.82 bits per heavy atom. The highest BCUT2D eigenvalue weighted by molar-refractivity contribution is 7.16. The Labute approximate surface area is 133 Å². The lowest BCUT2D eigenvalue weighted by molar-refractivity contribution is -0.129. The Hall–Kier alpha value is -1.69. The molecule has 0 radical (unpaired) electrons. The predicted molar refractivity (Wildman–Crippen MR) is 88.3 cm³/mol. The van der Waals surface area contributed by atoms with E-state index in [1.165, 1.54) is 11.3 Å². The molecule has 1 fully saturated rings. The molecule has 1 aliphatic rings. The fourth-order valence-electron chi connectivity index (χ4n) is 2.95. The van der Waals surface area contributed by atoms with Crippen molar-refractivity contribution in [2.45, 2.75) is 39.5 Å². The number of H-pyrrole nitrogens is 1. The zero-order valence-corrected chi connectivity index (χ0v) is 13.8. The molecule has 0 saturated carbocycles. The van der Waals surface area contributed by atoms with Crippen LogP contribution in [0.5, 0.6) is 0 Å².